The van der Waals surface area contributed by atoms with Crippen LogP contribution in [0.2, 0.25) is 0 Å². The van der Waals surface area contributed by atoms with Gasteiger partial charge < -0.3 is 14.7 Å². The highest BCUT2D eigenvalue weighted by Crippen LogP contribution is 2.42. The molecule has 6 bridgehead atoms. The van der Waals surface area contributed by atoms with E-state index in [1.807, 2.05) is 24.2 Å². The maximum absolute atomic E-state index is 15.9. The van der Waals surface area contributed by atoms with Crippen LogP contribution in [0.3, 0.4) is 0 Å². The van der Waals surface area contributed by atoms with Crippen LogP contribution in [0, 0.1) is 11.8 Å². The molecule has 6 rings (SSSR count). The lowest BCUT2D eigenvalue weighted by atomic mass is 9.86. The lowest BCUT2D eigenvalue weighted by Crippen LogP contribution is -2.47. The largest absolute Gasteiger partial charge is 0.372 e. The van der Waals surface area contributed by atoms with Crippen molar-refractivity contribution in [3.63, 3.8) is 0 Å². The number of allylic oxidation sites excluding steroid dienone is 1. The van der Waals surface area contributed by atoms with Gasteiger partial charge in [0.15, 0.2) is 0 Å². The van der Waals surface area contributed by atoms with Crippen molar-refractivity contribution in [2.75, 3.05) is 53.4 Å². The highest BCUT2D eigenvalue weighted by molar-refractivity contribution is 6.03. The average molecular weight is 621 g/mol. The Hall–Kier alpha value is -3.13. The summed E-state index contributed by atoms with van der Waals surface area (Å²) < 4.78 is 31.7. The van der Waals surface area contributed by atoms with E-state index in [-0.39, 0.29) is 5.56 Å². The van der Waals surface area contributed by atoms with Gasteiger partial charge in [-0.25, -0.2) is 8.78 Å². The maximum Gasteiger partial charge on any atom is 0.276 e. The Morgan fingerprint density at radius 2 is 1.64 bits per heavy atom. The van der Waals surface area contributed by atoms with Crippen LogP contribution in [0.4, 0.5) is 8.78 Å². The number of rotatable bonds is 3. The Morgan fingerprint density at radius 1 is 0.956 bits per heavy atom. The third-order valence-electron chi connectivity index (χ3n) is 10.3. The van der Waals surface area contributed by atoms with Gasteiger partial charge in [-0.15, -0.1) is 0 Å². The molecule has 0 radical (unpaired) electrons. The van der Waals surface area contributed by atoms with Gasteiger partial charge in [-0.1, -0.05) is 57.5 Å². The lowest BCUT2D eigenvalue weighted by molar-refractivity contribution is -0.0855. The summed E-state index contributed by atoms with van der Waals surface area (Å²) in [5.41, 5.74) is 8.29. The molecule has 0 aliphatic carbocycles. The number of amidine groups is 1. The molecule has 2 fully saturated rings. The van der Waals surface area contributed by atoms with E-state index in [1.165, 1.54) is 12.8 Å². The van der Waals surface area contributed by atoms with Crippen molar-refractivity contribution in [3.8, 4) is 0 Å². The Bertz CT molecular complexity index is 1280. The Labute approximate surface area is 270 Å². The molecule has 5 aliphatic rings. The predicted octanol–water partition coefficient (Wildman–Crippen LogP) is 7.30. The van der Waals surface area contributed by atoms with Gasteiger partial charge in [0.1, 0.15) is 5.84 Å². The molecule has 2 saturated heterocycles. The maximum atomic E-state index is 15.9. The molecule has 45 heavy (non-hydrogen) atoms. The summed E-state index contributed by atoms with van der Waals surface area (Å²) in [5.74, 6) is -2.04. The fourth-order valence-electron chi connectivity index (χ4n) is 7.22. The first-order chi connectivity index (χ1) is 21.7. The van der Waals surface area contributed by atoms with E-state index in [2.05, 4.69) is 53.3 Å². The number of hydrazine groups is 1. The smallest absolute Gasteiger partial charge is 0.276 e. The molecule has 0 unspecified atom stereocenters. The van der Waals surface area contributed by atoms with Gasteiger partial charge in [-0.05, 0) is 87.9 Å². The van der Waals surface area contributed by atoms with E-state index in [9.17, 15) is 0 Å². The number of fused-ring (bicyclic) bond motifs is 10. The van der Waals surface area contributed by atoms with E-state index in [0.717, 1.165) is 106 Å². The molecule has 1 N–H and O–H groups in total. The zero-order valence-corrected chi connectivity index (χ0v) is 27.8. The van der Waals surface area contributed by atoms with Crippen LogP contribution in [-0.2, 0) is 12.5 Å². The summed E-state index contributed by atoms with van der Waals surface area (Å²) in [4.78, 5) is 12.2. The standard InChI is InChI=1S/C37H54F2N6/c1-6-33(45-23-15-28(2)16-24-45)26-34-35-29(3)43(5)41-36(34)40-27-30-13-12-14-32(25-30)37(38,39)31-17-21-44(22-18-31)20-11-9-7-8-10-19-42(35)4/h6,12-14,25-26,28,31H,1,3,7-11,15-24,27H2,2,4-5H3,(H,40,41)/b33-26+. The second-order valence-corrected chi connectivity index (χ2v) is 13.6. The van der Waals surface area contributed by atoms with Gasteiger partial charge in [0.2, 0.25) is 0 Å². The summed E-state index contributed by atoms with van der Waals surface area (Å²) in [6, 6.07) is 6.92. The predicted molar refractivity (Wildman–Crippen MR) is 182 cm³/mol. The molecular weight excluding hydrogens is 566 g/mol. The Balaban J connectivity index is 1.53. The summed E-state index contributed by atoms with van der Waals surface area (Å²) in [7, 11) is 4.10. The van der Waals surface area contributed by atoms with E-state index in [4.69, 9.17) is 4.99 Å². The summed E-state index contributed by atoms with van der Waals surface area (Å²) in [6.45, 7) is 16.7. The first-order valence-electron chi connectivity index (χ1n) is 17.2. The molecular formula is C37H54F2N6. The fraction of sp³-hybridized carbons (Fsp3) is 0.595. The second-order valence-electron chi connectivity index (χ2n) is 13.6. The van der Waals surface area contributed by atoms with Gasteiger partial charge in [0, 0.05) is 56.5 Å². The summed E-state index contributed by atoms with van der Waals surface area (Å²) in [6.07, 6.45) is 13.3. The van der Waals surface area contributed by atoms with Crippen molar-refractivity contribution in [1.29, 1.82) is 0 Å². The third-order valence-corrected chi connectivity index (χ3v) is 10.3. The minimum atomic E-state index is -2.86. The molecule has 8 heteroatoms. The second kappa shape index (κ2) is 15.0. The molecule has 5 heterocycles. The highest BCUT2D eigenvalue weighted by atomic mass is 19.3. The Morgan fingerprint density at radius 3 is 2.36 bits per heavy atom. The number of nitrogens with zero attached hydrogens (tertiary/aromatic N) is 5. The first kappa shape index (κ1) is 33.2. The quantitative estimate of drug-likeness (QED) is 0.359. The number of likely N-dealkylation sites (N-methyl/N-ethyl adjacent to an activating group) is 2. The zero-order valence-electron chi connectivity index (χ0n) is 27.8. The van der Waals surface area contributed by atoms with Gasteiger partial charge in [0.05, 0.1) is 17.9 Å². The number of nitrogens with one attached hydrogen (secondary N) is 1. The molecule has 6 nitrogen and oxygen atoms in total. The van der Waals surface area contributed by atoms with E-state index in [1.54, 1.807) is 18.2 Å². The summed E-state index contributed by atoms with van der Waals surface area (Å²) in [5, 5.41) is 1.92. The molecule has 0 atom stereocenters. The number of likely N-dealkylation sites (tertiary alicyclic amines) is 1. The minimum absolute atomic E-state index is 0.107. The van der Waals surface area contributed by atoms with E-state index < -0.39 is 11.8 Å². The zero-order chi connectivity index (χ0) is 32.0. The van der Waals surface area contributed by atoms with Crippen LogP contribution in [0.1, 0.15) is 75.8 Å². The van der Waals surface area contributed by atoms with E-state index in [0.29, 0.717) is 25.2 Å². The van der Waals surface area contributed by atoms with Crippen LogP contribution in [0.5, 0.6) is 0 Å². The summed E-state index contributed by atoms with van der Waals surface area (Å²) >= 11 is 0. The van der Waals surface area contributed by atoms with Crippen LogP contribution in [0.25, 0.3) is 0 Å². The monoisotopic (exact) mass is 620 g/mol. The molecule has 1 aromatic rings. The molecule has 5 aliphatic heterocycles. The number of halogens is 2. The lowest BCUT2D eigenvalue weighted by Gasteiger charge is -2.38. The van der Waals surface area contributed by atoms with Crippen molar-refractivity contribution in [2.24, 2.45) is 16.8 Å². The number of benzene rings is 1. The number of aliphatic imine (C=N–C) groups is 1. The van der Waals surface area contributed by atoms with Crippen molar-refractivity contribution in [1.82, 2.24) is 25.1 Å². The molecule has 1 aromatic carbocycles. The Kier molecular flexibility index (Phi) is 11.1. The molecule has 246 valence electrons. The SMILES string of the molecule is C=C/C(=C\C1=C2C(=C)N(C)NC1=NCc1cccc(c1)C(F)(F)C1CCN(CCCCCCCN2C)CC1)N1CCC(C)CC1. The van der Waals surface area contributed by atoms with Crippen molar-refractivity contribution < 1.29 is 8.78 Å². The molecule has 0 saturated carbocycles. The number of piperidine rings is 2. The third kappa shape index (κ3) is 8.00. The van der Waals surface area contributed by atoms with Gasteiger partial charge in [0.25, 0.3) is 5.92 Å². The van der Waals surface area contributed by atoms with Gasteiger partial charge in [-0.2, -0.15) is 0 Å². The molecule has 0 spiro atoms. The fourth-order valence-corrected chi connectivity index (χ4v) is 7.22. The number of hydrogen-bond acceptors (Lipinski definition) is 6. The van der Waals surface area contributed by atoms with Crippen molar-refractivity contribution in [2.45, 2.75) is 77.2 Å². The van der Waals surface area contributed by atoms with Crippen molar-refractivity contribution >= 4 is 5.84 Å². The minimum Gasteiger partial charge on any atom is -0.372 e. The van der Waals surface area contributed by atoms with E-state index >= 15 is 8.78 Å². The topological polar surface area (TPSA) is 37.4 Å². The van der Waals surface area contributed by atoms with Crippen LogP contribution >= 0.6 is 0 Å². The highest BCUT2D eigenvalue weighted by Gasteiger charge is 2.42. The van der Waals surface area contributed by atoms with Gasteiger partial charge in [-0.3, -0.25) is 15.4 Å². The van der Waals surface area contributed by atoms with Crippen LogP contribution in [-0.4, -0.2) is 78.9 Å². The molecule has 0 aromatic heterocycles. The van der Waals surface area contributed by atoms with Crippen LogP contribution < -0.4 is 5.43 Å². The van der Waals surface area contributed by atoms with Crippen molar-refractivity contribution in [3.05, 3.63) is 83.4 Å². The van der Waals surface area contributed by atoms with Crippen LogP contribution in [0.15, 0.2) is 77.2 Å². The molecule has 0 amide bonds. The average Bonchev–Trinajstić information content (AvgIpc) is 3.04. The number of hydrogen-bond donors (Lipinski definition) is 1. The van der Waals surface area contributed by atoms with Gasteiger partial charge >= 0.3 is 0 Å². The number of alkyl halides is 2. The first-order valence-corrected chi connectivity index (χ1v) is 17.2. The normalized spacial score (nSPS) is 26.2.